The lowest BCUT2D eigenvalue weighted by Gasteiger charge is -2.14. The molecule has 148 valence electrons. The Bertz CT molecular complexity index is 1020. The predicted octanol–water partition coefficient (Wildman–Crippen LogP) is 3.46. The summed E-state index contributed by atoms with van der Waals surface area (Å²) >= 11 is 1.23. The van der Waals surface area contributed by atoms with E-state index in [0.717, 1.165) is 16.8 Å². The zero-order valence-electron chi connectivity index (χ0n) is 15.5. The first-order valence-corrected chi connectivity index (χ1v) is 10.2. The molecule has 0 atom stereocenters. The van der Waals surface area contributed by atoms with Crippen molar-refractivity contribution in [1.29, 1.82) is 0 Å². The Morgan fingerprint density at radius 3 is 2.59 bits per heavy atom. The molecule has 3 aromatic rings. The van der Waals surface area contributed by atoms with Crippen molar-refractivity contribution < 1.29 is 14.0 Å². The van der Waals surface area contributed by atoms with E-state index in [9.17, 15) is 14.0 Å². The van der Waals surface area contributed by atoms with Gasteiger partial charge in [-0.2, -0.15) is 5.10 Å². The zero-order chi connectivity index (χ0) is 20.2. The van der Waals surface area contributed by atoms with Crippen LogP contribution >= 0.6 is 11.8 Å². The third-order valence-corrected chi connectivity index (χ3v) is 5.48. The van der Waals surface area contributed by atoms with Crippen LogP contribution in [-0.2, 0) is 11.3 Å². The number of benzene rings is 2. The molecule has 1 N–H and O–H groups in total. The summed E-state index contributed by atoms with van der Waals surface area (Å²) in [6.07, 6.45) is 1.85. The second-order valence-electron chi connectivity index (χ2n) is 6.60. The second-order valence-corrected chi connectivity index (χ2v) is 7.65. The fourth-order valence-electron chi connectivity index (χ4n) is 3.10. The van der Waals surface area contributed by atoms with Gasteiger partial charge in [0.15, 0.2) is 0 Å². The van der Waals surface area contributed by atoms with Gasteiger partial charge in [-0.1, -0.05) is 30.0 Å². The van der Waals surface area contributed by atoms with E-state index in [1.807, 2.05) is 36.5 Å². The molecular weight excluding hydrogens is 391 g/mol. The number of amides is 2. The van der Waals surface area contributed by atoms with Crippen LogP contribution in [-0.4, -0.2) is 44.7 Å². The number of halogens is 1. The van der Waals surface area contributed by atoms with Crippen LogP contribution < -0.4 is 5.32 Å². The van der Waals surface area contributed by atoms with Gasteiger partial charge in [-0.15, -0.1) is 0 Å². The highest BCUT2D eigenvalue weighted by Crippen LogP contribution is 2.24. The van der Waals surface area contributed by atoms with Gasteiger partial charge in [-0.25, -0.2) is 9.07 Å². The summed E-state index contributed by atoms with van der Waals surface area (Å²) < 4.78 is 15.1. The van der Waals surface area contributed by atoms with Crippen molar-refractivity contribution in [2.75, 3.05) is 18.8 Å². The molecule has 0 saturated carbocycles. The number of nitrogens with zero attached hydrogens (tertiary/aromatic N) is 3. The maximum absolute atomic E-state index is 13.3. The first kappa shape index (κ1) is 19.2. The van der Waals surface area contributed by atoms with Crippen LogP contribution in [0.1, 0.15) is 5.56 Å². The first-order valence-electron chi connectivity index (χ1n) is 9.18. The van der Waals surface area contributed by atoms with E-state index < -0.39 is 0 Å². The van der Waals surface area contributed by atoms with Crippen LogP contribution in [0.2, 0.25) is 0 Å². The molecule has 6 nitrogen and oxygen atoms in total. The Morgan fingerprint density at radius 1 is 1.14 bits per heavy atom. The summed E-state index contributed by atoms with van der Waals surface area (Å²) in [5, 5.41) is 7.45. The van der Waals surface area contributed by atoms with Crippen molar-refractivity contribution in [3.63, 3.8) is 0 Å². The van der Waals surface area contributed by atoms with Gasteiger partial charge in [0.05, 0.1) is 11.4 Å². The van der Waals surface area contributed by atoms with E-state index in [-0.39, 0.29) is 30.1 Å². The Hall–Kier alpha value is -3.13. The van der Waals surface area contributed by atoms with E-state index in [0.29, 0.717) is 18.0 Å². The highest BCUT2D eigenvalue weighted by atomic mass is 32.2. The summed E-state index contributed by atoms with van der Waals surface area (Å²) in [5.41, 5.74) is 3.11. The summed E-state index contributed by atoms with van der Waals surface area (Å²) in [6, 6.07) is 15.7. The summed E-state index contributed by atoms with van der Waals surface area (Å²) in [6.45, 7) is 0.891. The van der Waals surface area contributed by atoms with Gasteiger partial charge in [0.2, 0.25) is 5.91 Å². The molecular formula is C21H19FN4O2S. The minimum atomic E-state index is -0.320. The lowest BCUT2D eigenvalue weighted by Crippen LogP contribution is -2.36. The second kappa shape index (κ2) is 8.48. The summed E-state index contributed by atoms with van der Waals surface area (Å²) in [4.78, 5) is 25.5. The highest BCUT2D eigenvalue weighted by molar-refractivity contribution is 8.13. The normalized spacial score (nSPS) is 13.7. The van der Waals surface area contributed by atoms with Crippen LogP contribution in [0.4, 0.5) is 9.18 Å². The van der Waals surface area contributed by atoms with Crippen molar-refractivity contribution >= 4 is 22.9 Å². The van der Waals surface area contributed by atoms with E-state index in [1.165, 1.54) is 28.8 Å². The number of hydrogen-bond acceptors (Lipinski definition) is 4. The summed E-state index contributed by atoms with van der Waals surface area (Å²) in [5.74, 6) is 0.169. The molecule has 1 fully saturated rings. The minimum absolute atomic E-state index is 0.0462. The lowest BCUT2D eigenvalue weighted by atomic mass is 10.1. The van der Waals surface area contributed by atoms with Gasteiger partial charge in [0.1, 0.15) is 12.4 Å². The third kappa shape index (κ3) is 4.48. The number of thioether (sulfide) groups is 1. The van der Waals surface area contributed by atoms with E-state index >= 15 is 0 Å². The van der Waals surface area contributed by atoms with Crippen LogP contribution in [0.5, 0.6) is 0 Å². The molecule has 0 spiro atoms. The molecule has 1 aliphatic heterocycles. The number of nitrogens with one attached hydrogen (secondary N) is 1. The standard InChI is InChI=1S/C21H19FN4O2S/c22-17-8-6-15(7-9-17)20-16(13-26(24-20)18-4-2-1-3-5-18)12-23-19(27)14-25-10-11-29-21(25)28/h1-9,13H,10-12,14H2,(H,23,27). The van der Waals surface area contributed by atoms with Crippen LogP contribution in [0.15, 0.2) is 60.8 Å². The molecule has 1 saturated heterocycles. The topological polar surface area (TPSA) is 67.2 Å². The molecule has 1 aromatic heterocycles. The number of carbonyl (C=O) groups is 2. The Labute approximate surface area is 171 Å². The molecule has 29 heavy (non-hydrogen) atoms. The molecule has 2 amide bonds. The van der Waals surface area contributed by atoms with Crippen LogP contribution in [0, 0.1) is 5.82 Å². The Morgan fingerprint density at radius 2 is 1.90 bits per heavy atom. The van der Waals surface area contributed by atoms with Gasteiger partial charge in [-0.05, 0) is 36.4 Å². The smallest absolute Gasteiger partial charge is 0.282 e. The maximum atomic E-state index is 13.3. The van der Waals surface area contributed by atoms with Crippen molar-refractivity contribution in [3.05, 3.63) is 72.2 Å². The average Bonchev–Trinajstić information content (AvgIpc) is 3.34. The van der Waals surface area contributed by atoms with Gasteiger partial charge < -0.3 is 10.2 Å². The number of carbonyl (C=O) groups excluding carboxylic acids is 2. The van der Waals surface area contributed by atoms with E-state index in [1.54, 1.807) is 16.8 Å². The maximum Gasteiger partial charge on any atom is 0.282 e. The van der Waals surface area contributed by atoms with E-state index in [4.69, 9.17) is 0 Å². The van der Waals surface area contributed by atoms with Gasteiger partial charge in [0.25, 0.3) is 5.24 Å². The van der Waals surface area contributed by atoms with Crippen LogP contribution in [0.25, 0.3) is 16.9 Å². The molecule has 1 aliphatic rings. The quantitative estimate of drug-likeness (QED) is 0.676. The van der Waals surface area contributed by atoms with Crippen molar-refractivity contribution in [1.82, 2.24) is 20.0 Å². The van der Waals surface area contributed by atoms with Gasteiger partial charge in [0, 0.05) is 36.2 Å². The summed E-state index contributed by atoms with van der Waals surface area (Å²) in [7, 11) is 0. The Kier molecular flexibility index (Phi) is 5.62. The largest absolute Gasteiger partial charge is 0.350 e. The molecule has 4 rings (SSSR count). The predicted molar refractivity (Wildman–Crippen MR) is 110 cm³/mol. The van der Waals surface area contributed by atoms with E-state index in [2.05, 4.69) is 10.4 Å². The molecule has 2 aromatic carbocycles. The number of hydrogen-bond donors (Lipinski definition) is 1. The minimum Gasteiger partial charge on any atom is -0.350 e. The fraction of sp³-hybridized carbons (Fsp3) is 0.190. The van der Waals surface area contributed by atoms with Gasteiger partial charge in [-0.3, -0.25) is 9.59 Å². The third-order valence-electron chi connectivity index (χ3n) is 4.58. The fourth-order valence-corrected chi connectivity index (χ4v) is 3.92. The SMILES string of the molecule is O=C(CN1CCSC1=O)NCc1cn(-c2ccccc2)nc1-c1ccc(F)cc1. The van der Waals surface area contributed by atoms with Crippen LogP contribution in [0.3, 0.4) is 0 Å². The zero-order valence-corrected chi connectivity index (χ0v) is 16.4. The first-order chi connectivity index (χ1) is 14.1. The van der Waals surface area contributed by atoms with Crippen molar-refractivity contribution in [2.24, 2.45) is 0 Å². The Balaban J connectivity index is 1.55. The molecule has 8 heteroatoms. The molecule has 0 unspecified atom stereocenters. The average molecular weight is 410 g/mol. The number of rotatable bonds is 6. The van der Waals surface area contributed by atoms with Gasteiger partial charge >= 0.3 is 0 Å². The number of aromatic nitrogens is 2. The highest BCUT2D eigenvalue weighted by Gasteiger charge is 2.23. The van der Waals surface area contributed by atoms with Crippen molar-refractivity contribution in [3.8, 4) is 16.9 Å². The lowest BCUT2D eigenvalue weighted by molar-refractivity contribution is -0.121. The monoisotopic (exact) mass is 410 g/mol. The van der Waals surface area contributed by atoms with Crippen molar-refractivity contribution in [2.45, 2.75) is 6.54 Å². The number of para-hydroxylation sites is 1. The molecule has 0 bridgehead atoms. The molecule has 0 radical (unpaired) electrons. The molecule has 2 heterocycles. The molecule has 0 aliphatic carbocycles.